The van der Waals surface area contributed by atoms with Gasteiger partial charge in [-0.1, -0.05) is 6.07 Å². The van der Waals surface area contributed by atoms with Gasteiger partial charge < -0.3 is 10.7 Å². The SMILES string of the molecule is NNc1cccc(C(=O)Nc2ccc(I)cc2)n1. The molecule has 4 N–H and O–H groups in total. The summed E-state index contributed by atoms with van der Waals surface area (Å²) in [7, 11) is 0. The summed E-state index contributed by atoms with van der Waals surface area (Å²) in [4.78, 5) is 16.0. The number of nitrogens with two attached hydrogens (primary N) is 1. The average molecular weight is 354 g/mol. The van der Waals surface area contributed by atoms with E-state index in [0.717, 1.165) is 9.26 Å². The second-order valence-electron chi connectivity index (χ2n) is 3.51. The monoisotopic (exact) mass is 354 g/mol. The molecule has 0 bridgehead atoms. The second kappa shape index (κ2) is 5.78. The summed E-state index contributed by atoms with van der Waals surface area (Å²) in [6.07, 6.45) is 0. The number of nitrogen functional groups attached to an aromatic ring is 1. The number of hydrogen-bond acceptors (Lipinski definition) is 4. The molecule has 6 heteroatoms. The number of hydrazine groups is 1. The fraction of sp³-hybridized carbons (Fsp3) is 0. The molecule has 0 atom stereocenters. The molecule has 2 aromatic rings. The zero-order chi connectivity index (χ0) is 13.0. The van der Waals surface area contributed by atoms with E-state index in [1.54, 1.807) is 18.2 Å². The lowest BCUT2D eigenvalue weighted by molar-refractivity contribution is 0.102. The van der Waals surface area contributed by atoms with Gasteiger partial charge in [-0.15, -0.1) is 0 Å². The van der Waals surface area contributed by atoms with E-state index in [1.165, 1.54) is 0 Å². The first-order chi connectivity index (χ1) is 8.69. The third-order valence-electron chi connectivity index (χ3n) is 2.23. The van der Waals surface area contributed by atoms with Gasteiger partial charge in [-0.3, -0.25) is 4.79 Å². The number of amides is 1. The van der Waals surface area contributed by atoms with E-state index in [4.69, 9.17) is 5.84 Å². The van der Waals surface area contributed by atoms with Gasteiger partial charge in [0.2, 0.25) is 0 Å². The van der Waals surface area contributed by atoms with E-state index >= 15 is 0 Å². The molecule has 0 saturated carbocycles. The molecule has 1 aromatic heterocycles. The number of rotatable bonds is 3. The second-order valence-corrected chi connectivity index (χ2v) is 4.76. The van der Waals surface area contributed by atoms with Gasteiger partial charge >= 0.3 is 0 Å². The Morgan fingerprint density at radius 3 is 2.56 bits per heavy atom. The first-order valence-corrected chi connectivity index (χ1v) is 6.27. The maximum Gasteiger partial charge on any atom is 0.274 e. The van der Waals surface area contributed by atoms with Gasteiger partial charge in [0.25, 0.3) is 5.91 Å². The Bertz CT molecular complexity index is 556. The number of aromatic nitrogens is 1. The van der Waals surface area contributed by atoms with Crippen molar-refractivity contribution in [1.29, 1.82) is 0 Å². The van der Waals surface area contributed by atoms with Gasteiger partial charge in [-0.2, -0.15) is 0 Å². The quantitative estimate of drug-likeness (QED) is 0.449. The first-order valence-electron chi connectivity index (χ1n) is 5.19. The molecular weight excluding hydrogens is 343 g/mol. The van der Waals surface area contributed by atoms with Crippen LogP contribution in [0.2, 0.25) is 0 Å². The highest BCUT2D eigenvalue weighted by molar-refractivity contribution is 14.1. The summed E-state index contributed by atoms with van der Waals surface area (Å²) in [5.74, 6) is 5.42. The van der Waals surface area contributed by atoms with Crippen LogP contribution >= 0.6 is 22.6 Å². The van der Waals surface area contributed by atoms with Crippen molar-refractivity contribution < 1.29 is 4.79 Å². The van der Waals surface area contributed by atoms with Gasteiger partial charge in [-0.25, -0.2) is 10.8 Å². The largest absolute Gasteiger partial charge is 0.321 e. The number of anilines is 2. The van der Waals surface area contributed by atoms with Gasteiger partial charge in [0.15, 0.2) is 0 Å². The lowest BCUT2D eigenvalue weighted by Gasteiger charge is -2.06. The minimum absolute atomic E-state index is 0.270. The normalized spacial score (nSPS) is 9.89. The van der Waals surface area contributed by atoms with Crippen molar-refractivity contribution in [2.24, 2.45) is 5.84 Å². The summed E-state index contributed by atoms with van der Waals surface area (Å²) in [6.45, 7) is 0. The Balaban J connectivity index is 2.14. The number of hydrogen-bond donors (Lipinski definition) is 3. The molecule has 1 amide bonds. The van der Waals surface area contributed by atoms with Crippen molar-refractivity contribution in [3.05, 3.63) is 51.7 Å². The van der Waals surface area contributed by atoms with Crippen LogP contribution in [0.3, 0.4) is 0 Å². The molecule has 92 valence electrons. The average Bonchev–Trinajstić information content (AvgIpc) is 2.41. The zero-order valence-corrected chi connectivity index (χ0v) is 11.5. The van der Waals surface area contributed by atoms with Crippen LogP contribution in [0.15, 0.2) is 42.5 Å². The van der Waals surface area contributed by atoms with Crippen LogP contribution in [-0.4, -0.2) is 10.9 Å². The van der Waals surface area contributed by atoms with Crippen molar-refractivity contribution >= 4 is 40.0 Å². The Hall–Kier alpha value is -1.67. The number of benzene rings is 1. The van der Waals surface area contributed by atoms with Crippen LogP contribution in [0.1, 0.15) is 10.5 Å². The fourth-order valence-corrected chi connectivity index (χ4v) is 1.73. The maximum absolute atomic E-state index is 11.9. The summed E-state index contributed by atoms with van der Waals surface area (Å²) in [5, 5.41) is 2.76. The number of halogens is 1. The van der Waals surface area contributed by atoms with Crippen molar-refractivity contribution in [2.75, 3.05) is 10.7 Å². The lowest BCUT2D eigenvalue weighted by atomic mass is 10.3. The lowest BCUT2D eigenvalue weighted by Crippen LogP contribution is -2.16. The first kappa shape index (κ1) is 12.8. The Morgan fingerprint density at radius 2 is 1.89 bits per heavy atom. The van der Waals surface area contributed by atoms with Crippen LogP contribution in [0, 0.1) is 3.57 Å². The molecule has 0 unspecified atom stereocenters. The molecule has 0 fully saturated rings. The highest BCUT2D eigenvalue weighted by Gasteiger charge is 2.07. The van der Waals surface area contributed by atoms with Gasteiger partial charge in [-0.05, 0) is 59.0 Å². The molecule has 5 nitrogen and oxygen atoms in total. The zero-order valence-electron chi connectivity index (χ0n) is 9.35. The minimum Gasteiger partial charge on any atom is -0.321 e. The van der Waals surface area contributed by atoms with E-state index in [-0.39, 0.29) is 5.91 Å². The third-order valence-corrected chi connectivity index (χ3v) is 2.95. The summed E-state index contributed by atoms with van der Waals surface area (Å²) >= 11 is 2.20. The third kappa shape index (κ3) is 3.17. The van der Waals surface area contributed by atoms with Gasteiger partial charge in [0.05, 0.1) is 0 Å². The molecule has 0 saturated heterocycles. The molecular formula is C12H11IN4O. The van der Waals surface area contributed by atoms with Crippen LogP contribution in [0.5, 0.6) is 0 Å². The van der Waals surface area contributed by atoms with E-state index in [1.807, 2.05) is 24.3 Å². The van der Waals surface area contributed by atoms with E-state index in [2.05, 4.69) is 38.3 Å². The smallest absolute Gasteiger partial charge is 0.274 e. The van der Waals surface area contributed by atoms with Crippen LogP contribution in [-0.2, 0) is 0 Å². The standard InChI is InChI=1S/C12H11IN4O/c13-8-4-6-9(7-5-8)15-12(18)10-2-1-3-11(16-10)17-14/h1-7H,14H2,(H,15,18)(H,16,17). The van der Waals surface area contributed by atoms with E-state index < -0.39 is 0 Å². The molecule has 1 heterocycles. The van der Waals surface area contributed by atoms with Crippen LogP contribution in [0.4, 0.5) is 11.5 Å². The fourth-order valence-electron chi connectivity index (χ4n) is 1.37. The highest BCUT2D eigenvalue weighted by Crippen LogP contribution is 2.12. The Kier molecular flexibility index (Phi) is 4.11. The van der Waals surface area contributed by atoms with Crippen molar-refractivity contribution in [1.82, 2.24) is 4.98 Å². The molecule has 0 spiro atoms. The van der Waals surface area contributed by atoms with Gasteiger partial charge in [0, 0.05) is 9.26 Å². The minimum atomic E-state index is -0.270. The van der Waals surface area contributed by atoms with Crippen molar-refractivity contribution in [3.8, 4) is 0 Å². The summed E-state index contributed by atoms with van der Waals surface area (Å²) in [5.41, 5.74) is 3.44. The topological polar surface area (TPSA) is 80.0 Å². The Morgan fingerprint density at radius 1 is 1.17 bits per heavy atom. The molecule has 0 aliphatic carbocycles. The highest BCUT2D eigenvalue weighted by atomic mass is 127. The van der Waals surface area contributed by atoms with E-state index in [9.17, 15) is 4.79 Å². The van der Waals surface area contributed by atoms with Crippen molar-refractivity contribution in [3.63, 3.8) is 0 Å². The predicted octanol–water partition coefficient (Wildman–Crippen LogP) is 2.22. The molecule has 1 aromatic carbocycles. The molecule has 0 aliphatic heterocycles. The number of nitrogens with zero attached hydrogens (tertiary/aromatic N) is 1. The Labute approximate surface area is 118 Å². The van der Waals surface area contributed by atoms with Crippen LogP contribution < -0.4 is 16.6 Å². The number of carbonyl (C=O) groups is 1. The van der Waals surface area contributed by atoms with Crippen LogP contribution in [0.25, 0.3) is 0 Å². The number of nitrogens with one attached hydrogen (secondary N) is 2. The van der Waals surface area contributed by atoms with E-state index in [0.29, 0.717) is 11.5 Å². The van der Waals surface area contributed by atoms with Gasteiger partial charge in [0.1, 0.15) is 11.5 Å². The summed E-state index contributed by atoms with van der Waals surface area (Å²) in [6, 6.07) is 12.5. The molecule has 0 radical (unpaired) electrons. The van der Waals surface area contributed by atoms with Crippen molar-refractivity contribution in [2.45, 2.75) is 0 Å². The predicted molar refractivity (Wildman–Crippen MR) is 79.2 cm³/mol. The number of carbonyl (C=O) groups excluding carboxylic acids is 1. The number of pyridine rings is 1. The molecule has 18 heavy (non-hydrogen) atoms. The maximum atomic E-state index is 11.9. The molecule has 0 aliphatic rings. The molecule has 2 rings (SSSR count). The summed E-state index contributed by atoms with van der Waals surface area (Å²) < 4.78 is 1.11.